The molecule has 2 aromatic rings. The van der Waals surface area contributed by atoms with Crippen molar-refractivity contribution in [2.24, 2.45) is 0 Å². The van der Waals surface area contributed by atoms with E-state index in [9.17, 15) is 9.59 Å². The number of amides is 1. The van der Waals surface area contributed by atoms with E-state index >= 15 is 0 Å². The van der Waals surface area contributed by atoms with Crippen molar-refractivity contribution in [3.8, 4) is 9.88 Å². The van der Waals surface area contributed by atoms with Gasteiger partial charge in [0.15, 0.2) is 0 Å². The van der Waals surface area contributed by atoms with Gasteiger partial charge < -0.3 is 10.4 Å². The van der Waals surface area contributed by atoms with Gasteiger partial charge in [-0.05, 0) is 12.1 Å². The minimum absolute atomic E-state index is 0.0816. The van der Waals surface area contributed by atoms with Gasteiger partial charge in [-0.15, -0.1) is 22.7 Å². The average Bonchev–Trinajstić information content (AvgIpc) is 2.97. The largest absolute Gasteiger partial charge is 0.481 e. The van der Waals surface area contributed by atoms with Gasteiger partial charge in [-0.25, -0.2) is 4.98 Å². The minimum Gasteiger partial charge on any atom is -0.481 e. The van der Waals surface area contributed by atoms with Crippen LogP contribution in [0.4, 0.5) is 0 Å². The van der Waals surface area contributed by atoms with Crippen LogP contribution in [0.5, 0.6) is 0 Å². The van der Waals surface area contributed by atoms with Crippen molar-refractivity contribution in [1.82, 2.24) is 10.3 Å². The lowest BCUT2D eigenvalue weighted by Crippen LogP contribution is -2.27. The number of carbonyl (C=O) groups is 2. The van der Waals surface area contributed by atoms with Crippen molar-refractivity contribution < 1.29 is 14.7 Å². The molecule has 0 atom stereocenters. The second kappa shape index (κ2) is 6.83. The lowest BCUT2D eigenvalue weighted by Gasteiger charge is -2.00. The highest BCUT2D eigenvalue weighted by Gasteiger charge is 2.10. The number of rotatable bonds is 6. The van der Waals surface area contributed by atoms with Crippen LogP contribution >= 0.6 is 34.3 Å². The van der Waals surface area contributed by atoms with Gasteiger partial charge in [0, 0.05) is 11.9 Å². The fraction of sp³-hybridized carbons (Fsp3) is 0.250. The number of aliphatic carboxylic acids is 1. The Labute approximate surface area is 128 Å². The number of nitrogens with zero attached hydrogens (tertiary/aromatic N) is 1. The maximum Gasteiger partial charge on any atom is 0.305 e. The Morgan fingerprint density at radius 3 is 2.85 bits per heavy atom. The van der Waals surface area contributed by atoms with Crippen LogP contribution in [0.2, 0.25) is 4.34 Å². The van der Waals surface area contributed by atoms with E-state index in [1.807, 2.05) is 11.4 Å². The predicted molar refractivity (Wildman–Crippen MR) is 79.4 cm³/mol. The Bertz CT molecular complexity index is 624. The van der Waals surface area contributed by atoms with Crippen LogP contribution in [0.15, 0.2) is 17.5 Å². The third kappa shape index (κ3) is 4.29. The van der Waals surface area contributed by atoms with E-state index in [4.69, 9.17) is 16.7 Å². The molecule has 0 aliphatic carbocycles. The molecule has 0 spiro atoms. The Kier molecular flexibility index (Phi) is 5.11. The smallest absolute Gasteiger partial charge is 0.305 e. The van der Waals surface area contributed by atoms with Gasteiger partial charge in [0.05, 0.1) is 27.7 Å². The number of halogens is 1. The maximum absolute atomic E-state index is 11.6. The summed E-state index contributed by atoms with van der Waals surface area (Å²) < 4.78 is 0.697. The number of carboxylic acid groups (broad SMARTS) is 1. The molecule has 2 N–H and O–H groups in total. The molecular formula is C12H11ClN2O3S2. The molecular weight excluding hydrogens is 320 g/mol. The molecule has 1 amide bonds. The zero-order valence-corrected chi connectivity index (χ0v) is 12.6. The molecule has 0 aliphatic heterocycles. The molecule has 106 valence electrons. The van der Waals surface area contributed by atoms with Gasteiger partial charge in [-0.2, -0.15) is 0 Å². The molecule has 0 saturated heterocycles. The summed E-state index contributed by atoms with van der Waals surface area (Å²) in [4.78, 5) is 27.3. The van der Waals surface area contributed by atoms with Gasteiger partial charge in [0.2, 0.25) is 5.91 Å². The number of hydrogen-bond acceptors (Lipinski definition) is 5. The normalized spacial score (nSPS) is 10.4. The number of nitrogens with one attached hydrogen (secondary N) is 1. The van der Waals surface area contributed by atoms with Gasteiger partial charge >= 0.3 is 5.97 Å². The number of thiophene rings is 1. The predicted octanol–water partition coefficient (Wildman–Crippen LogP) is 2.66. The molecule has 2 heterocycles. The van der Waals surface area contributed by atoms with E-state index < -0.39 is 5.97 Å². The summed E-state index contributed by atoms with van der Waals surface area (Å²) >= 11 is 8.76. The standard InChI is InChI=1S/C12H11ClN2O3S2/c13-9-2-1-8(20-9)12-15-7(6-19-12)5-10(16)14-4-3-11(17)18/h1-2,6H,3-5H2,(H,14,16)(H,17,18). The van der Waals surface area contributed by atoms with E-state index in [-0.39, 0.29) is 25.3 Å². The van der Waals surface area contributed by atoms with Crippen LogP contribution in [0.3, 0.4) is 0 Å². The minimum atomic E-state index is -0.934. The average molecular weight is 331 g/mol. The van der Waals surface area contributed by atoms with Crippen LogP contribution in [0.25, 0.3) is 9.88 Å². The number of carbonyl (C=O) groups excluding carboxylic acids is 1. The molecule has 0 aromatic carbocycles. The first-order valence-electron chi connectivity index (χ1n) is 5.73. The zero-order valence-electron chi connectivity index (χ0n) is 10.3. The molecule has 0 fully saturated rings. The monoisotopic (exact) mass is 330 g/mol. The van der Waals surface area contributed by atoms with E-state index in [0.717, 1.165) is 9.88 Å². The molecule has 20 heavy (non-hydrogen) atoms. The topological polar surface area (TPSA) is 79.3 Å². The first-order valence-corrected chi connectivity index (χ1v) is 7.80. The first-order chi connectivity index (χ1) is 9.54. The van der Waals surface area contributed by atoms with Crippen molar-refractivity contribution >= 4 is 46.2 Å². The molecule has 0 unspecified atom stereocenters. The van der Waals surface area contributed by atoms with Crippen molar-refractivity contribution in [1.29, 1.82) is 0 Å². The fourth-order valence-electron chi connectivity index (χ4n) is 1.47. The Morgan fingerprint density at radius 2 is 2.20 bits per heavy atom. The Balaban J connectivity index is 1.89. The third-order valence-electron chi connectivity index (χ3n) is 2.34. The molecule has 0 radical (unpaired) electrons. The summed E-state index contributed by atoms with van der Waals surface area (Å²) in [5, 5.41) is 13.7. The molecule has 2 aromatic heterocycles. The number of carboxylic acids is 1. The quantitative estimate of drug-likeness (QED) is 0.853. The summed E-state index contributed by atoms with van der Waals surface area (Å²) in [7, 11) is 0. The second-order valence-corrected chi connectivity index (χ2v) is 6.49. The molecule has 0 aliphatic rings. The van der Waals surface area contributed by atoms with Gasteiger partial charge in [-0.1, -0.05) is 11.6 Å². The van der Waals surface area contributed by atoms with Gasteiger partial charge in [0.25, 0.3) is 0 Å². The molecule has 5 nitrogen and oxygen atoms in total. The van der Waals surface area contributed by atoms with E-state index in [1.165, 1.54) is 22.7 Å². The molecule has 0 saturated carbocycles. The summed E-state index contributed by atoms with van der Waals surface area (Å²) in [5.41, 5.74) is 0.669. The van der Waals surface area contributed by atoms with Crippen LogP contribution in [-0.4, -0.2) is 28.5 Å². The van der Waals surface area contributed by atoms with Crippen LogP contribution in [0, 0.1) is 0 Å². The molecule has 0 bridgehead atoms. The van der Waals surface area contributed by atoms with E-state index in [0.29, 0.717) is 10.0 Å². The van der Waals surface area contributed by atoms with Crippen LogP contribution < -0.4 is 5.32 Å². The SMILES string of the molecule is O=C(O)CCNC(=O)Cc1csc(-c2ccc(Cl)s2)n1. The number of aromatic nitrogens is 1. The second-order valence-electron chi connectivity index (χ2n) is 3.92. The van der Waals surface area contributed by atoms with E-state index in [1.54, 1.807) is 6.07 Å². The van der Waals surface area contributed by atoms with Crippen molar-refractivity contribution in [3.05, 3.63) is 27.5 Å². The van der Waals surface area contributed by atoms with Crippen LogP contribution in [0.1, 0.15) is 12.1 Å². The summed E-state index contributed by atoms with van der Waals surface area (Å²) in [6.07, 6.45) is 0.0664. The number of hydrogen-bond donors (Lipinski definition) is 2. The zero-order chi connectivity index (χ0) is 14.5. The van der Waals surface area contributed by atoms with E-state index in [2.05, 4.69) is 10.3 Å². The first kappa shape index (κ1) is 15.0. The molecule has 8 heteroatoms. The third-order valence-corrected chi connectivity index (χ3v) is 4.63. The lowest BCUT2D eigenvalue weighted by molar-refractivity contribution is -0.136. The highest BCUT2D eigenvalue weighted by Crippen LogP contribution is 2.32. The summed E-state index contributed by atoms with van der Waals surface area (Å²) in [6, 6.07) is 3.70. The highest BCUT2D eigenvalue weighted by molar-refractivity contribution is 7.23. The highest BCUT2D eigenvalue weighted by atomic mass is 35.5. The van der Waals surface area contributed by atoms with Crippen molar-refractivity contribution in [2.75, 3.05) is 6.54 Å². The van der Waals surface area contributed by atoms with Gasteiger partial charge in [-0.3, -0.25) is 9.59 Å². The van der Waals surface area contributed by atoms with Crippen LogP contribution in [-0.2, 0) is 16.0 Å². The number of thiazole rings is 1. The van der Waals surface area contributed by atoms with Crippen molar-refractivity contribution in [3.63, 3.8) is 0 Å². The van der Waals surface area contributed by atoms with Gasteiger partial charge in [0.1, 0.15) is 5.01 Å². The lowest BCUT2D eigenvalue weighted by atomic mass is 10.3. The van der Waals surface area contributed by atoms with Crippen molar-refractivity contribution in [2.45, 2.75) is 12.8 Å². The summed E-state index contributed by atoms with van der Waals surface area (Å²) in [6.45, 7) is 0.131. The Hall–Kier alpha value is -1.44. The summed E-state index contributed by atoms with van der Waals surface area (Å²) in [5.74, 6) is -1.16. The Morgan fingerprint density at radius 1 is 1.40 bits per heavy atom. The maximum atomic E-state index is 11.6. The fourth-order valence-corrected chi connectivity index (χ4v) is 3.40. The molecule has 2 rings (SSSR count).